The minimum absolute atomic E-state index is 0.150. The van der Waals surface area contributed by atoms with Crippen molar-refractivity contribution in [3.8, 4) is 0 Å². The SMILES string of the molecule is CC(C)CC(C)(CN1CCCCO1)NC(=O)c1cnc2c(F)cccc2c1.CC(C)CC(C)(CN1CCOCC1)NC(=O)c1cnc2c(F)cccc2c1.CC(C)CC(C)(CN1CCSCC1)NC(=O)c1cnc2c(F)cccc2c1.CC(C)CC(C)(Cc1cnc(Cl)s1)NC(=O)c1cnc2c(F)cccc2c1.Cc1ncc(CC(C)(CC(C)C)NC(=O)c2cnc3c(F)cccc3c2)s1. The van der Waals surface area contributed by atoms with E-state index in [1.807, 2.05) is 36.9 Å². The van der Waals surface area contributed by atoms with Crippen LogP contribution in [-0.4, -0.2) is 191 Å². The molecule has 3 aliphatic rings. The third-order valence-electron chi connectivity index (χ3n) is 23.3. The molecule has 0 radical (unpaired) electrons. The number of halogens is 6. The summed E-state index contributed by atoms with van der Waals surface area (Å²) in [5.74, 6) is 1.58. The summed E-state index contributed by atoms with van der Waals surface area (Å²) in [6.45, 7) is 43.0. The molecule has 3 saturated heterocycles. The van der Waals surface area contributed by atoms with Gasteiger partial charge in [-0.2, -0.15) is 16.8 Å². The molecule has 3 fully saturated rings. The lowest BCUT2D eigenvalue weighted by atomic mass is 9.87. The Bertz CT molecular complexity index is 5560. The molecule has 0 bridgehead atoms. The zero-order valence-corrected chi connectivity index (χ0v) is 83.6. The van der Waals surface area contributed by atoms with Crippen LogP contribution in [0.5, 0.6) is 0 Å². The van der Waals surface area contributed by atoms with E-state index in [4.69, 9.17) is 21.2 Å². The number of pyridine rings is 5. The standard InChI is InChI=1S/2C21H28FN3O2.C21H24FN3OS.C21H28FN3OS.C20H21ClFN3OS/c1-15(2)12-21(3,14-25-9-4-5-10-27-25)24-20(26)17-11-16-7-6-8-18(22)19(16)23-13-17;1-15(2)12-21(3,14-25-7-9-27-10-8-25)24-20(26)17-11-16-5-4-6-18(22)19(16)23-13-17;1-13(2)9-21(4,10-17-12-23-14(3)27-17)25-20(26)16-8-15-6-5-7-18(22)19(15)24-11-16;1-15(2)12-21(3,14-25-7-9-27-10-8-25)24-20(26)17-11-16-5-4-6-18(22)19(16)23-13-17;1-12(2)8-20(3,9-15-11-24-19(21)27-15)25-18(26)14-7-13-5-4-6-16(22)17(13)23-10-14/h6-8,11,13,15H,4-5,9-10,12,14H2,1-3H3,(H,24,26);4-6,11,13,15H,7-10,12,14H2,1-3H3,(H,24,26);5-8,11-13H,9-10H2,1-4H3,(H,25,26);4-6,11,13,15H,7-10,12,14H2,1-3H3,(H,24,26);4-7,10-12H,8-9H2,1-3H3,(H,25,26). The molecule has 135 heavy (non-hydrogen) atoms. The summed E-state index contributed by atoms with van der Waals surface area (Å²) in [5, 5.41) is 22.0. The molecule has 22 nitrogen and oxygen atoms in total. The number of amides is 5. The molecule has 3 aliphatic heterocycles. The molecule has 15 rings (SSSR count). The fourth-order valence-electron chi connectivity index (χ4n) is 18.6. The summed E-state index contributed by atoms with van der Waals surface area (Å²) in [7, 11) is 0. The predicted octanol–water partition coefficient (Wildman–Crippen LogP) is 21.3. The molecular weight excluding hydrogens is 1800 g/mol. The topological polar surface area (TPSA) is 264 Å². The fraction of sp³-hybridized carbons (Fsp3) is 0.462. The molecule has 0 aliphatic carbocycles. The maximum Gasteiger partial charge on any atom is 0.253 e. The number of nitrogens with zero attached hydrogens (tertiary/aromatic N) is 10. The molecule has 5 amide bonds. The number of hydrogen-bond donors (Lipinski definition) is 5. The van der Waals surface area contributed by atoms with Gasteiger partial charge in [-0.25, -0.2) is 31.9 Å². The van der Waals surface area contributed by atoms with Gasteiger partial charge in [-0.1, -0.05) is 142 Å². The number of aromatic nitrogens is 7. The summed E-state index contributed by atoms with van der Waals surface area (Å²) in [6, 6.07) is 32.2. The number of para-hydroxylation sites is 5. The van der Waals surface area contributed by atoms with Crippen LogP contribution < -0.4 is 26.6 Å². The van der Waals surface area contributed by atoms with Gasteiger partial charge in [0.05, 0.1) is 69.3 Å². The third kappa shape index (κ3) is 31.4. The van der Waals surface area contributed by atoms with Gasteiger partial charge in [0.25, 0.3) is 29.5 Å². The smallest absolute Gasteiger partial charge is 0.253 e. The molecular formula is C104H129ClF5N15O7S3. The molecule has 0 saturated carbocycles. The van der Waals surface area contributed by atoms with Crippen molar-refractivity contribution in [3.05, 3.63) is 241 Å². The van der Waals surface area contributed by atoms with Crippen molar-refractivity contribution in [2.75, 3.05) is 83.7 Å². The van der Waals surface area contributed by atoms with E-state index in [0.717, 1.165) is 143 Å². The van der Waals surface area contributed by atoms with Crippen molar-refractivity contribution in [2.24, 2.45) is 29.6 Å². The van der Waals surface area contributed by atoms with E-state index in [1.54, 1.807) is 109 Å². The number of benzene rings is 5. The molecule has 31 heteroatoms. The van der Waals surface area contributed by atoms with Gasteiger partial charge in [0.2, 0.25) is 0 Å². The molecule has 5 atom stereocenters. The van der Waals surface area contributed by atoms with Crippen LogP contribution in [0, 0.1) is 65.6 Å². The van der Waals surface area contributed by atoms with Gasteiger partial charge in [-0.05, 0) is 177 Å². The largest absolute Gasteiger partial charge is 0.379 e. The Morgan fingerprint density at radius 2 is 0.674 bits per heavy atom. The summed E-state index contributed by atoms with van der Waals surface area (Å²) in [5.41, 5.74) is 1.62. The average Bonchev–Trinajstić information content (AvgIpc) is 1.66. The second-order valence-electron chi connectivity index (χ2n) is 39.2. The zero-order chi connectivity index (χ0) is 97.5. The minimum Gasteiger partial charge on any atom is -0.379 e. The van der Waals surface area contributed by atoms with Gasteiger partial charge in [0.15, 0.2) is 4.47 Å². The fourth-order valence-corrected chi connectivity index (χ4v) is 21.7. The number of hydrogen-bond acceptors (Lipinski definition) is 20. The molecule has 5 unspecified atom stereocenters. The van der Waals surface area contributed by atoms with E-state index < -0.39 is 22.4 Å². The van der Waals surface area contributed by atoms with E-state index >= 15 is 0 Å². The molecule has 722 valence electrons. The van der Waals surface area contributed by atoms with Crippen LogP contribution in [0.15, 0.2) is 165 Å². The average molecular weight is 1930 g/mol. The predicted molar refractivity (Wildman–Crippen MR) is 534 cm³/mol. The van der Waals surface area contributed by atoms with E-state index in [1.165, 1.54) is 72.7 Å². The highest BCUT2D eigenvalue weighted by atomic mass is 35.5. The maximum atomic E-state index is 13.8. The number of nitrogens with one attached hydrogen (secondary N) is 5. The van der Waals surface area contributed by atoms with Crippen LogP contribution in [0.4, 0.5) is 22.0 Å². The summed E-state index contributed by atoms with van der Waals surface area (Å²) in [6.07, 6.45) is 18.6. The Labute approximate surface area is 807 Å². The van der Waals surface area contributed by atoms with E-state index in [9.17, 15) is 45.9 Å². The molecule has 0 spiro atoms. The van der Waals surface area contributed by atoms with Crippen LogP contribution in [0.2, 0.25) is 4.47 Å². The van der Waals surface area contributed by atoms with E-state index in [2.05, 4.69) is 168 Å². The molecule has 7 aromatic heterocycles. The van der Waals surface area contributed by atoms with Gasteiger partial charge in [-0.15, -0.1) is 22.7 Å². The number of fused-ring (bicyclic) bond motifs is 5. The van der Waals surface area contributed by atoms with Gasteiger partial charge in [-0.3, -0.25) is 63.5 Å². The molecule has 12 aromatic rings. The van der Waals surface area contributed by atoms with Gasteiger partial charge >= 0.3 is 0 Å². The highest BCUT2D eigenvalue weighted by Crippen LogP contribution is 2.33. The van der Waals surface area contributed by atoms with Crippen molar-refractivity contribution >= 4 is 130 Å². The number of thioether (sulfide) groups is 1. The summed E-state index contributed by atoms with van der Waals surface area (Å²) in [4.78, 5) is 106. The molecule has 10 heterocycles. The first kappa shape index (κ1) is 105. The number of carbonyl (C=O) groups is 5. The maximum absolute atomic E-state index is 13.8. The number of carbonyl (C=O) groups excluding carboxylic acids is 5. The second kappa shape index (κ2) is 48.2. The highest BCUT2D eigenvalue weighted by molar-refractivity contribution is 7.99. The normalized spacial score (nSPS) is 16.2. The van der Waals surface area contributed by atoms with Gasteiger partial charge in [0.1, 0.15) is 56.7 Å². The Kier molecular flexibility index (Phi) is 37.6. The molecule has 5 aromatic carbocycles. The van der Waals surface area contributed by atoms with Crippen LogP contribution in [0.1, 0.15) is 215 Å². The Morgan fingerprint density at radius 3 is 0.963 bits per heavy atom. The number of ether oxygens (including phenoxy) is 1. The number of hydroxylamine groups is 2. The Hall–Kier alpha value is -10.2. The van der Waals surface area contributed by atoms with Crippen LogP contribution in [0.25, 0.3) is 54.5 Å². The first-order valence-electron chi connectivity index (χ1n) is 46.4. The number of thiazole rings is 2. The quantitative estimate of drug-likeness (QED) is 0.0262. The third-order valence-corrected chi connectivity index (χ3v) is 26.2. The highest BCUT2D eigenvalue weighted by Gasteiger charge is 2.37. The minimum atomic E-state index is -0.460. The van der Waals surface area contributed by atoms with Crippen molar-refractivity contribution < 1.29 is 55.5 Å². The first-order valence-corrected chi connectivity index (χ1v) is 49.6. The number of aryl methyl sites for hydroxylation is 1. The Morgan fingerprint density at radius 1 is 0.378 bits per heavy atom. The van der Waals surface area contributed by atoms with Gasteiger partial charge in [0, 0.05) is 168 Å². The number of morpholine rings is 1. The van der Waals surface area contributed by atoms with Crippen molar-refractivity contribution in [1.29, 1.82) is 0 Å². The zero-order valence-electron chi connectivity index (χ0n) is 80.4. The lowest BCUT2D eigenvalue weighted by Crippen LogP contribution is -2.56. The van der Waals surface area contributed by atoms with Crippen molar-refractivity contribution in [1.82, 2.24) is 76.3 Å². The lowest BCUT2D eigenvalue weighted by Gasteiger charge is -2.39. The van der Waals surface area contributed by atoms with Crippen molar-refractivity contribution in [2.45, 2.75) is 196 Å². The van der Waals surface area contributed by atoms with Crippen LogP contribution in [0.3, 0.4) is 0 Å². The first-order chi connectivity index (χ1) is 64.1. The summed E-state index contributed by atoms with van der Waals surface area (Å²) < 4.78 is 75.0. The van der Waals surface area contributed by atoms with Crippen LogP contribution >= 0.6 is 46.0 Å². The lowest BCUT2D eigenvalue weighted by molar-refractivity contribution is -0.190. The monoisotopic (exact) mass is 1930 g/mol. The number of rotatable bonds is 30. The second-order valence-corrected chi connectivity index (χ2v) is 43.4. The van der Waals surface area contributed by atoms with Gasteiger partial charge < -0.3 is 31.3 Å². The van der Waals surface area contributed by atoms with E-state index in [-0.39, 0.29) is 85.9 Å². The Balaban J connectivity index is 0.000000162. The summed E-state index contributed by atoms with van der Waals surface area (Å²) >= 11 is 11.0. The molecule has 5 N–H and O–H groups in total. The van der Waals surface area contributed by atoms with Crippen molar-refractivity contribution in [3.63, 3.8) is 0 Å². The van der Waals surface area contributed by atoms with E-state index in [0.29, 0.717) is 107 Å². The van der Waals surface area contributed by atoms with Crippen LogP contribution in [-0.2, 0) is 22.4 Å².